The fraction of sp³-hybridized carbons (Fsp3) is 0.312. The fourth-order valence-electron chi connectivity index (χ4n) is 2.52. The van der Waals surface area contributed by atoms with E-state index in [0.29, 0.717) is 5.95 Å². The molecule has 0 atom stereocenters. The van der Waals surface area contributed by atoms with Gasteiger partial charge in [0.05, 0.1) is 12.2 Å². The molecule has 0 unspecified atom stereocenters. The summed E-state index contributed by atoms with van der Waals surface area (Å²) in [6.45, 7) is 3.25. The van der Waals surface area contributed by atoms with E-state index in [1.54, 1.807) is 36.7 Å². The lowest BCUT2D eigenvalue weighted by Crippen LogP contribution is -2.49. The molecule has 1 aromatic heterocycles. The molecular weight excluding hydrogens is 297 g/mol. The Morgan fingerprint density at radius 1 is 1.09 bits per heavy atom. The standard InChI is InChI=1S/C16H18FN5O/c17-13-4-1-2-5-14(13)20-15(23)12-21-8-10-22(11-9-21)16-18-6-3-7-19-16/h1-7H,8-12H2,(H,20,23). The number of para-hydroxylation sites is 1. The number of hydrogen-bond acceptors (Lipinski definition) is 5. The van der Waals surface area contributed by atoms with Crippen molar-refractivity contribution >= 4 is 17.5 Å². The van der Waals surface area contributed by atoms with Gasteiger partial charge in [0.25, 0.3) is 0 Å². The van der Waals surface area contributed by atoms with Crippen molar-refractivity contribution in [3.05, 3.63) is 48.5 Å². The Bertz CT molecular complexity index is 659. The third kappa shape index (κ3) is 4.01. The highest BCUT2D eigenvalue weighted by atomic mass is 19.1. The molecule has 1 aromatic carbocycles. The van der Waals surface area contributed by atoms with Gasteiger partial charge in [0.15, 0.2) is 0 Å². The molecule has 2 aromatic rings. The van der Waals surface area contributed by atoms with Gasteiger partial charge < -0.3 is 10.2 Å². The van der Waals surface area contributed by atoms with Crippen molar-refractivity contribution in [1.82, 2.24) is 14.9 Å². The van der Waals surface area contributed by atoms with Gasteiger partial charge in [0, 0.05) is 38.6 Å². The minimum Gasteiger partial charge on any atom is -0.338 e. The average Bonchev–Trinajstić information content (AvgIpc) is 2.58. The molecule has 1 amide bonds. The highest BCUT2D eigenvalue weighted by Gasteiger charge is 2.20. The van der Waals surface area contributed by atoms with Crippen LogP contribution in [0.1, 0.15) is 0 Å². The maximum absolute atomic E-state index is 13.5. The highest BCUT2D eigenvalue weighted by Crippen LogP contribution is 2.13. The fourth-order valence-corrected chi connectivity index (χ4v) is 2.52. The molecule has 1 N–H and O–H groups in total. The number of hydrogen-bond donors (Lipinski definition) is 1. The van der Waals surface area contributed by atoms with Gasteiger partial charge >= 0.3 is 0 Å². The molecule has 0 aliphatic carbocycles. The second kappa shape index (κ2) is 7.15. The van der Waals surface area contributed by atoms with E-state index >= 15 is 0 Å². The smallest absolute Gasteiger partial charge is 0.238 e. The van der Waals surface area contributed by atoms with Gasteiger partial charge in [-0.3, -0.25) is 9.69 Å². The van der Waals surface area contributed by atoms with Crippen LogP contribution >= 0.6 is 0 Å². The number of piperazine rings is 1. The molecule has 1 aliphatic heterocycles. The number of carbonyl (C=O) groups excluding carboxylic acids is 1. The summed E-state index contributed by atoms with van der Waals surface area (Å²) >= 11 is 0. The summed E-state index contributed by atoms with van der Waals surface area (Å²) in [6, 6.07) is 7.95. The lowest BCUT2D eigenvalue weighted by atomic mass is 10.3. The first kappa shape index (κ1) is 15.4. The Hall–Kier alpha value is -2.54. The third-order valence-electron chi connectivity index (χ3n) is 3.72. The van der Waals surface area contributed by atoms with Crippen molar-refractivity contribution < 1.29 is 9.18 Å². The number of anilines is 2. The monoisotopic (exact) mass is 315 g/mol. The number of nitrogens with zero attached hydrogens (tertiary/aromatic N) is 4. The minimum atomic E-state index is -0.424. The summed E-state index contributed by atoms with van der Waals surface area (Å²) in [5.74, 6) is 0.0781. The number of nitrogens with one attached hydrogen (secondary N) is 1. The molecule has 2 heterocycles. The average molecular weight is 315 g/mol. The quantitative estimate of drug-likeness (QED) is 0.923. The first-order chi connectivity index (χ1) is 11.2. The largest absolute Gasteiger partial charge is 0.338 e. The second-order valence-electron chi connectivity index (χ2n) is 5.34. The van der Waals surface area contributed by atoms with Crippen LogP contribution in [0, 0.1) is 5.82 Å². The van der Waals surface area contributed by atoms with Gasteiger partial charge in [0.1, 0.15) is 5.82 Å². The predicted octanol–water partition coefficient (Wildman–Crippen LogP) is 1.38. The van der Waals surface area contributed by atoms with Crippen molar-refractivity contribution in [2.45, 2.75) is 0 Å². The molecule has 0 radical (unpaired) electrons. The van der Waals surface area contributed by atoms with Crippen LogP contribution in [-0.4, -0.2) is 53.5 Å². The van der Waals surface area contributed by atoms with Gasteiger partial charge in [-0.25, -0.2) is 14.4 Å². The summed E-state index contributed by atoms with van der Waals surface area (Å²) < 4.78 is 13.5. The zero-order chi connectivity index (χ0) is 16.1. The number of rotatable bonds is 4. The van der Waals surface area contributed by atoms with Crippen LogP contribution < -0.4 is 10.2 Å². The Balaban J connectivity index is 1.49. The van der Waals surface area contributed by atoms with Crippen molar-refractivity contribution in [2.75, 3.05) is 42.9 Å². The van der Waals surface area contributed by atoms with E-state index in [4.69, 9.17) is 0 Å². The maximum atomic E-state index is 13.5. The summed E-state index contributed by atoms with van der Waals surface area (Å²) in [6.07, 6.45) is 3.44. The van der Waals surface area contributed by atoms with Crippen LogP contribution in [0.4, 0.5) is 16.0 Å². The lowest BCUT2D eigenvalue weighted by Gasteiger charge is -2.34. The molecule has 6 nitrogen and oxygen atoms in total. The molecule has 1 aliphatic rings. The van der Waals surface area contributed by atoms with Crippen LogP contribution in [0.25, 0.3) is 0 Å². The van der Waals surface area contributed by atoms with Crippen molar-refractivity contribution in [2.24, 2.45) is 0 Å². The SMILES string of the molecule is O=C(CN1CCN(c2ncccn2)CC1)Nc1ccccc1F. The summed E-state index contributed by atoms with van der Waals surface area (Å²) in [4.78, 5) is 24.6. The summed E-state index contributed by atoms with van der Waals surface area (Å²) in [7, 11) is 0. The topological polar surface area (TPSA) is 61.4 Å². The Morgan fingerprint density at radius 2 is 1.78 bits per heavy atom. The molecular formula is C16H18FN5O. The van der Waals surface area contributed by atoms with E-state index in [1.165, 1.54) is 6.07 Å². The van der Waals surface area contributed by atoms with Crippen LogP contribution in [0.15, 0.2) is 42.7 Å². The molecule has 0 spiro atoms. The van der Waals surface area contributed by atoms with E-state index in [9.17, 15) is 9.18 Å². The van der Waals surface area contributed by atoms with Gasteiger partial charge in [-0.1, -0.05) is 12.1 Å². The van der Waals surface area contributed by atoms with Crippen LogP contribution in [-0.2, 0) is 4.79 Å². The lowest BCUT2D eigenvalue weighted by molar-refractivity contribution is -0.117. The normalized spacial score (nSPS) is 15.4. The number of halogens is 1. The van der Waals surface area contributed by atoms with E-state index in [1.807, 2.05) is 4.90 Å². The molecule has 0 saturated carbocycles. The van der Waals surface area contributed by atoms with Crippen LogP contribution in [0.3, 0.4) is 0 Å². The van der Waals surface area contributed by atoms with Crippen LogP contribution in [0.2, 0.25) is 0 Å². The molecule has 3 rings (SSSR count). The minimum absolute atomic E-state index is 0.209. The first-order valence-corrected chi connectivity index (χ1v) is 7.51. The van der Waals surface area contributed by atoms with Gasteiger partial charge in [-0.15, -0.1) is 0 Å². The summed E-state index contributed by atoms with van der Waals surface area (Å²) in [5, 5.41) is 2.61. The van der Waals surface area contributed by atoms with E-state index in [2.05, 4.69) is 20.2 Å². The van der Waals surface area contributed by atoms with Gasteiger partial charge in [-0.05, 0) is 18.2 Å². The molecule has 1 fully saturated rings. The summed E-state index contributed by atoms with van der Waals surface area (Å²) in [5.41, 5.74) is 0.217. The number of benzene rings is 1. The first-order valence-electron chi connectivity index (χ1n) is 7.51. The Labute approximate surface area is 134 Å². The zero-order valence-corrected chi connectivity index (χ0v) is 12.7. The zero-order valence-electron chi connectivity index (χ0n) is 12.7. The predicted molar refractivity (Wildman–Crippen MR) is 85.7 cm³/mol. The van der Waals surface area contributed by atoms with Crippen molar-refractivity contribution in [3.63, 3.8) is 0 Å². The molecule has 23 heavy (non-hydrogen) atoms. The number of carbonyl (C=O) groups is 1. The number of amides is 1. The molecule has 7 heteroatoms. The highest BCUT2D eigenvalue weighted by molar-refractivity contribution is 5.92. The third-order valence-corrected chi connectivity index (χ3v) is 3.72. The van der Waals surface area contributed by atoms with Gasteiger partial charge in [-0.2, -0.15) is 0 Å². The van der Waals surface area contributed by atoms with E-state index in [-0.39, 0.29) is 18.1 Å². The van der Waals surface area contributed by atoms with E-state index < -0.39 is 5.82 Å². The molecule has 1 saturated heterocycles. The molecule has 120 valence electrons. The van der Waals surface area contributed by atoms with Crippen LogP contribution in [0.5, 0.6) is 0 Å². The van der Waals surface area contributed by atoms with Crippen molar-refractivity contribution in [3.8, 4) is 0 Å². The maximum Gasteiger partial charge on any atom is 0.238 e. The van der Waals surface area contributed by atoms with Crippen molar-refractivity contribution in [1.29, 1.82) is 0 Å². The second-order valence-corrected chi connectivity index (χ2v) is 5.34. The Kier molecular flexibility index (Phi) is 4.77. The van der Waals surface area contributed by atoms with Gasteiger partial charge in [0.2, 0.25) is 11.9 Å². The Morgan fingerprint density at radius 3 is 2.48 bits per heavy atom. The number of aromatic nitrogens is 2. The molecule has 0 bridgehead atoms. The van der Waals surface area contributed by atoms with E-state index in [0.717, 1.165) is 26.2 Å².